The van der Waals surface area contributed by atoms with Crippen LogP contribution in [0.2, 0.25) is 0 Å². The number of rotatable bonds is 6. The molecule has 3 rings (SSSR count). The maximum absolute atomic E-state index is 12.5. The number of methoxy groups -OCH3 is 2. The number of imidazole rings is 1. The summed E-state index contributed by atoms with van der Waals surface area (Å²) in [6.07, 6.45) is 6.67. The van der Waals surface area contributed by atoms with Crippen LogP contribution in [0.1, 0.15) is 28.9 Å². The zero-order valence-corrected chi connectivity index (χ0v) is 14.8. The minimum atomic E-state index is -0.198. The van der Waals surface area contributed by atoms with E-state index in [2.05, 4.69) is 15.3 Å². The first-order valence-corrected chi connectivity index (χ1v) is 8.09. The van der Waals surface area contributed by atoms with Crippen LogP contribution in [0.5, 0.6) is 11.5 Å². The Morgan fingerprint density at radius 2 is 1.96 bits per heavy atom. The maximum Gasteiger partial charge on any atom is 0.253 e. The van der Waals surface area contributed by atoms with Crippen LogP contribution in [0, 0.1) is 0 Å². The molecule has 0 saturated carbocycles. The molecule has 2 heterocycles. The van der Waals surface area contributed by atoms with Gasteiger partial charge >= 0.3 is 0 Å². The van der Waals surface area contributed by atoms with Crippen LogP contribution in [-0.4, -0.2) is 34.7 Å². The molecule has 0 bridgehead atoms. The van der Waals surface area contributed by atoms with Gasteiger partial charge < -0.3 is 14.8 Å². The van der Waals surface area contributed by atoms with Crippen molar-refractivity contribution in [1.29, 1.82) is 0 Å². The Morgan fingerprint density at radius 1 is 1.15 bits per heavy atom. The van der Waals surface area contributed by atoms with E-state index in [-0.39, 0.29) is 11.9 Å². The number of carbonyl (C=O) groups excluding carboxylic acids is 1. The summed E-state index contributed by atoms with van der Waals surface area (Å²) in [7, 11) is 3.17. The minimum absolute atomic E-state index is 0.197. The van der Waals surface area contributed by atoms with E-state index < -0.39 is 0 Å². The van der Waals surface area contributed by atoms with Crippen molar-refractivity contribution in [2.75, 3.05) is 14.2 Å². The van der Waals surface area contributed by atoms with Crippen LogP contribution in [0.3, 0.4) is 0 Å². The molecule has 2 aromatic heterocycles. The predicted octanol–water partition coefficient (Wildman–Crippen LogP) is 2.78. The highest BCUT2D eigenvalue weighted by Gasteiger charge is 2.14. The fraction of sp³-hybridized carbons (Fsp3) is 0.211. The normalized spacial score (nSPS) is 11.7. The lowest BCUT2D eigenvalue weighted by atomic mass is 10.1. The van der Waals surface area contributed by atoms with Gasteiger partial charge in [0.15, 0.2) is 11.5 Å². The number of ether oxygens (including phenoxy) is 2. The molecule has 1 N–H and O–H groups in total. The van der Waals surface area contributed by atoms with Gasteiger partial charge in [-0.25, -0.2) is 9.97 Å². The van der Waals surface area contributed by atoms with Crippen molar-refractivity contribution in [3.63, 3.8) is 0 Å². The van der Waals surface area contributed by atoms with E-state index in [9.17, 15) is 4.79 Å². The first-order chi connectivity index (χ1) is 12.6. The zero-order chi connectivity index (χ0) is 18.5. The summed E-state index contributed by atoms with van der Waals surface area (Å²) >= 11 is 0. The molecule has 0 fully saturated rings. The molecule has 3 aromatic rings. The lowest BCUT2D eigenvalue weighted by molar-refractivity contribution is 0.0939. The fourth-order valence-electron chi connectivity index (χ4n) is 2.55. The van der Waals surface area contributed by atoms with E-state index in [1.807, 2.05) is 25.1 Å². The van der Waals surface area contributed by atoms with Crippen molar-refractivity contribution in [3.8, 4) is 17.3 Å². The molecule has 0 aliphatic rings. The molecule has 1 atom stereocenters. The first-order valence-electron chi connectivity index (χ1n) is 8.09. The number of hydrogen-bond acceptors (Lipinski definition) is 5. The van der Waals surface area contributed by atoms with Gasteiger partial charge in [-0.2, -0.15) is 0 Å². The number of hydrogen-bond donors (Lipinski definition) is 1. The second-order valence-corrected chi connectivity index (χ2v) is 5.68. The lowest BCUT2D eigenvalue weighted by Gasteiger charge is -2.16. The Morgan fingerprint density at radius 3 is 2.58 bits per heavy atom. The van der Waals surface area contributed by atoms with Crippen molar-refractivity contribution in [1.82, 2.24) is 19.9 Å². The Balaban J connectivity index is 1.71. The van der Waals surface area contributed by atoms with Gasteiger partial charge in [-0.3, -0.25) is 9.36 Å². The van der Waals surface area contributed by atoms with Crippen LogP contribution < -0.4 is 14.8 Å². The highest BCUT2D eigenvalue weighted by atomic mass is 16.5. The van der Waals surface area contributed by atoms with E-state index in [0.29, 0.717) is 22.9 Å². The van der Waals surface area contributed by atoms with E-state index in [1.165, 1.54) is 0 Å². The topological polar surface area (TPSA) is 78.3 Å². The summed E-state index contributed by atoms with van der Waals surface area (Å²) in [6, 6.07) is 8.88. The smallest absolute Gasteiger partial charge is 0.253 e. The Bertz CT molecular complexity index is 876. The number of amides is 1. The van der Waals surface area contributed by atoms with E-state index in [4.69, 9.17) is 9.47 Å². The average Bonchev–Trinajstić information content (AvgIpc) is 3.22. The standard InChI is InChI=1S/C19H20N4O3/c1-13(14-4-6-16(25-2)17(10-14)26-3)22-19(24)15-5-7-18(21-11-15)23-9-8-20-12-23/h4-13H,1-3H3,(H,22,24). The van der Waals surface area contributed by atoms with E-state index in [0.717, 1.165) is 5.56 Å². The van der Waals surface area contributed by atoms with Gasteiger partial charge in [-0.05, 0) is 36.8 Å². The highest BCUT2D eigenvalue weighted by molar-refractivity contribution is 5.94. The van der Waals surface area contributed by atoms with Crippen LogP contribution in [0.15, 0.2) is 55.2 Å². The van der Waals surface area contributed by atoms with E-state index in [1.54, 1.807) is 55.8 Å². The van der Waals surface area contributed by atoms with Crippen molar-refractivity contribution < 1.29 is 14.3 Å². The maximum atomic E-state index is 12.5. The number of carbonyl (C=O) groups is 1. The highest BCUT2D eigenvalue weighted by Crippen LogP contribution is 2.29. The summed E-state index contributed by atoms with van der Waals surface area (Å²) < 4.78 is 12.3. The third-order valence-electron chi connectivity index (χ3n) is 4.03. The third kappa shape index (κ3) is 3.66. The van der Waals surface area contributed by atoms with Gasteiger partial charge in [-0.15, -0.1) is 0 Å². The van der Waals surface area contributed by atoms with Crippen molar-refractivity contribution >= 4 is 5.91 Å². The third-order valence-corrected chi connectivity index (χ3v) is 4.03. The monoisotopic (exact) mass is 352 g/mol. The van der Waals surface area contributed by atoms with Crippen LogP contribution >= 0.6 is 0 Å². The number of pyridine rings is 1. The summed E-state index contributed by atoms with van der Waals surface area (Å²) in [6.45, 7) is 1.91. The van der Waals surface area contributed by atoms with Crippen LogP contribution in [0.25, 0.3) is 5.82 Å². The van der Waals surface area contributed by atoms with Crippen LogP contribution in [-0.2, 0) is 0 Å². The summed E-state index contributed by atoms with van der Waals surface area (Å²) in [5.41, 5.74) is 1.40. The summed E-state index contributed by atoms with van der Waals surface area (Å²) in [5, 5.41) is 2.96. The number of aromatic nitrogens is 3. The van der Waals surface area contributed by atoms with E-state index >= 15 is 0 Å². The van der Waals surface area contributed by atoms with Gasteiger partial charge in [0.25, 0.3) is 5.91 Å². The molecule has 0 saturated heterocycles. The van der Waals surface area contributed by atoms with Crippen molar-refractivity contribution in [2.45, 2.75) is 13.0 Å². The fourth-order valence-corrected chi connectivity index (χ4v) is 2.55. The molecule has 1 amide bonds. The Labute approximate surface area is 151 Å². The SMILES string of the molecule is COc1ccc(C(C)NC(=O)c2ccc(-n3ccnc3)nc2)cc1OC. The molecular formula is C19H20N4O3. The molecule has 1 aromatic carbocycles. The Kier molecular flexibility index (Phi) is 5.17. The van der Waals surface area contributed by atoms with Gasteiger partial charge in [0, 0.05) is 18.6 Å². The van der Waals surface area contributed by atoms with Crippen molar-refractivity contribution in [2.24, 2.45) is 0 Å². The molecule has 1 unspecified atom stereocenters. The lowest BCUT2D eigenvalue weighted by Crippen LogP contribution is -2.26. The molecule has 7 heteroatoms. The summed E-state index contributed by atoms with van der Waals surface area (Å²) in [5.74, 6) is 1.77. The molecule has 26 heavy (non-hydrogen) atoms. The molecule has 134 valence electrons. The van der Waals surface area contributed by atoms with Gasteiger partial charge in [0.2, 0.25) is 0 Å². The summed E-state index contributed by atoms with van der Waals surface area (Å²) in [4.78, 5) is 20.8. The van der Waals surface area contributed by atoms with Crippen molar-refractivity contribution in [3.05, 3.63) is 66.4 Å². The van der Waals surface area contributed by atoms with Crippen LogP contribution in [0.4, 0.5) is 0 Å². The minimum Gasteiger partial charge on any atom is -0.493 e. The van der Waals surface area contributed by atoms with Gasteiger partial charge in [-0.1, -0.05) is 6.07 Å². The second-order valence-electron chi connectivity index (χ2n) is 5.68. The molecular weight excluding hydrogens is 332 g/mol. The molecule has 0 aliphatic heterocycles. The predicted molar refractivity (Wildman–Crippen MR) is 96.8 cm³/mol. The quantitative estimate of drug-likeness (QED) is 0.738. The largest absolute Gasteiger partial charge is 0.493 e. The average molecular weight is 352 g/mol. The zero-order valence-electron chi connectivity index (χ0n) is 14.8. The first kappa shape index (κ1) is 17.5. The number of benzene rings is 1. The Hall–Kier alpha value is -3.35. The number of nitrogens with one attached hydrogen (secondary N) is 1. The molecule has 0 spiro atoms. The molecule has 0 radical (unpaired) electrons. The number of nitrogens with zero attached hydrogens (tertiary/aromatic N) is 3. The molecule has 0 aliphatic carbocycles. The second kappa shape index (κ2) is 7.69. The molecule has 7 nitrogen and oxygen atoms in total. The van der Waals surface area contributed by atoms with Gasteiger partial charge in [0.1, 0.15) is 12.1 Å². The van der Waals surface area contributed by atoms with Gasteiger partial charge in [0.05, 0.1) is 25.8 Å².